The van der Waals surface area contributed by atoms with Crippen molar-refractivity contribution >= 4 is 35.7 Å². The van der Waals surface area contributed by atoms with Gasteiger partial charge in [-0.1, -0.05) is 48.6 Å². The zero-order chi connectivity index (χ0) is 30.9. The Labute approximate surface area is 247 Å². The molecule has 0 atom stereocenters. The number of hydrogen-bond donors (Lipinski definition) is 0. The number of carbonyl (C=O) groups excluding carboxylic acids is 2. The highest BCUT2D eigenvalue weighted by atomic mass is 19.1. The second-order valence-electron chi connectivity index (χ2n) is 11.9. The van der Waals surface area contributed by atoms with Crippen LogP contribution in [0.25, 0.3) is 12.2 Å². The number of benzene rings is 2. The van der Waals surface area contributed by atoms with Crippen LogP contribution in [-0.4, -0.2) is 51.6 Å². The second kappa shape index (κ2) is 14.1. The van der Waals surface area contributed by atoms with Crippen LogP contribution in [0.5, 0.6) is 0 Å². The van der Waals surface area contributed by atoms with Gasteiger partial charge in [0.1, 0.15) is 23.6 Å². The van der Waals surface area contributed by atoms with Crippen molar-refractivity contribution in [3.8, 4) is 0 Å². The van der Waals surface area contributed by atoms with Gasteiger partial charge in [0.15, 0.2) is 0 Å². The number of alkyl halides is 1. The van der Waals surface area contributed by atoms with E-state index < -0.39 is 24.0 Å². The summed E-state index contributed by atoms with van der Waals surface area (Å²) in [6.45, 7) is 13.2. The number of hydrogen-bond acceptors (Lipinski definition) is 6. The summed E-state index contributed by atoms with van der Waals surface area (Å²) in [5, 5.41) is 7.98. The van der Waals surface area contributed by atoms with Crippen LogP contribution in [0.2, 0.25) is 0 Å². The molecule has 0 saturated heterocycles. The van der Waals surface area contributed by atoms with E-state index in [1.807, 2.05) is 88.4 Å². The molecule has 0 unspecified atom stereocenters. The highest BCUT2D eigenvalue weighted by molar-refractivity contribution is 5.89. The summed E-state index contributed by atoms with van der Waals surface area (Å²) in [4.78, 5) is 28.9. The van der Waals surface area contributed by atoms with Crippen molar-refractivity contribution < 1.29 is 23.5 Å². The highest BCUT2D eigenvalue weighted by Crippen LogP contribution is 2.23. The average Bonchev–Trinajstić information content (AvgIpc) is 3.35. The maximum atomic E-state index is 13.1. The first-order valence-electron chi connectivity index (χ1n) is 14.1. The van der Waals surface area contributed by atoms with Gasteiger partial charge in [0.05, 0.1) is 19.3 Å². The fourth-order valence-electron chi connectivity index (χ4n) is 3.94. The summed E-state index contributed by atoms with van der Waals surface area (Å²) in [7, 11) is 0. The third kappa shape index (κ3) is 10.0. The van der Waals surface area contributed by atoms with Crippen LogP contribution in [0.4, 0.5) is 25.4 Å². The molecule has 9 nitrogen and oxygen atoms in total. The topological polar surface area (TPSA) is 89.8 Å². The molecule has 0 bridgehead atoms. The SMILES string of the molecule is CCCN(C(=O)OC(C)(C)C)c1ccc(/C=C/c2ccc(N(Cc3cn(CCF)nn3)C(=O)OC(C)(C)C)cc2)cc1. The average molecular weight is 580 g/mol. The van der Waals surface area contributed by atoms with Crippen LogP contribution in [0, 0.1) is 0 Å². The van der Waals surface area contributed by atoms with Crippen molar-refractivity contribution in [2.45, 2.75) is 79.2 Å². The fraction of sp³-hybridized carbons (Fsp3) is 0.438. The van der Waals surface area contributed by atoms with Crippen molar-refractivity contribution in [2.24, 2.45) is 0 Å². The quantitative estimate of drug-likeness (QED) is 0.231. The van der Waals surface area contributed by atoms with Gasteiger partial charge in [-0.05, 0) is 83.4 Å². The number of rotatable bonds is 10. The van der Waals surface area contributed by atoms with E-state index in [9.17, 15) is 14.0 Å². The molecular formula is C32H42FN5O4. The van der Waals surface area contributed by atoms with Gasteiger partial charge in [0, 0.05) is 17.9 Å². The van der Waals surface area contributed by atoms with Crippen LogP contribution in [0.1, 0.15) is 71.7 Å². The van der Waals surface area contributed by atoms with Crippen LogP contribution in [-0.2, 0) is 22.6 Å². The fourth-order valence-corrected chi connectivity index (χ4v) is 3.94. The molecular weight excluding hydrogens is 537 g/mol. The summed E-state index contributed by atoms with van der Waals surface area (Å²) < 4.78 is 25.3. The molecule has 2 amide bonds. The van der Waals surface area contributed by atoms with Crippen molar-refractivity contribution in [2.75, 3.05) is 23.0 Å². The van der Waals surface area contributed by atoms with Crippen LogP contribution < -0.4 is 9.80 Å². The van der Waals surface area contributed by atoms with Crippen LogP contribution >= 0.6 is 0 Å². The Morgan fingerprint density at radius 2 is 1.31 bits per heavy atom. The van der Waals surface area contributed by atoms with E-state index in [-0.39, 0.29) is 19.2 Å². The highest BCUT2D eigenvalue weighted by Gasteiger charge is 2.25. The number of ether oxygens (including phenoxy) is 2. The molecule has 0 spiro atoms. The standard InChI is InChI=1S/C32H42FN5O4/c1-8-20-37(29(39)41-31(2,3)4)27-15-11-24(12-16-27)9-10-25-13-17-28(18-14-25)38(30(40)42-32(5,6)7)23-26-22-36(21-19-33)35-34-26/h9-18,22H,8,19-21,23H2,1-7H3/b10-9+. The molecule has 0 N–H and O–H groups in total. The van der Waals surface area contributed by atoms with Crippen molar-refractivity contribution in [1.29, 1.82) is 0 Å². The second-order valence-corrected chi connectivity index (χ2v) is 11.9. The molecule has 3 rings (SSSR count). The van der Waals surface area contributed by atoms with E-state index in [4.69, 9.17) is 9.47 Å². The van der Waals surface area contributed by atoms with E-state index in [1.165, 1.54) is 9.58 Å². The molecule has 10 heteroatoms. The molecule has 0 fully saturated rings. The molecule has 0 aliphatic carbocycles. The Bertz CT molecular complexity index is 1340. The Hall–Kier alpha value is -4.21. The number of nitrogens with zero attached hydrogens (tertiary/aromatic N) is 5. The van der Waals surface area contributed by atoms with E-state index in [0.29, 0.717) is 17.9 Å². The maximum Gasteiger partial charge on any atom is 0.415 e. The lowest BCUT2D eigenvalue weighted by Crippen LogP contribution is -2.37. The smallest absolute Gasteiger partial charge is 0.415 e. The lowest BCUT2D eigenvalue weighted by atomic mass is 10.1. The van der Waals surface area contributed by atoms with Crippen molar-refractivity contribution in [1.82, 2.24) is 15.0 Å². The third-order valence-corrected chi connectivity index (χ3v) is 5.77. The Morgan fingerprint density at radius 3 is 1.76 bits per heavy atom. The first-order valence-corrected chi connectivity index (χ1v) is 14.1. The van der Waals surface area contributed by atoms with Gasteiger partial charge in [0.25, 0.3) is 0 Å². The Morgan fingerprint density at radius 1 is 0.833 bits per heavy atom. The van der Waals surface area contributed by atoms with Crippen molar-refractivity contribution in [3.05, 3.63) is 71.5 Å². The van der Waals surface area contributed by atoms with Gasteiger partial charge in [-0.2, -0.15) is 0 Å². The van der Waals surface area contributed by atoms with Crippen molar-refractivity contribution in [3.63, 3.8) is 0 Å². The minimum absolute atomic E-state index is 0.101. The Balaban J connectivity index is 1.74. The molecule has 0 aliphatic heterocycles. The third-order valence-electron chi connectivity index (χ3n) is 5.77. The van der Waals surface area contributed by atoms with E-state index in [1.54, 1.807) is 31.9 Å². The zero-order valence-electron chi connectivity index (χ0n) is 25.6. The molecule has 1 heterocycles. The molecule has 1 aromatic heterocycles. The lowest BCUT2D eigenvalue weighted by Gasteiger charge is -2.27. The van der Waals surface area contributed by atoms with Gasteiger partial charge in [-0.25, -0.2) is 18.7 Å². The summed E-state index contributed by atoms with van der Waals surface area (Å²) in [6.07, 6.45) is 5.49. The molecule has 42 heavy (non-hydrogen) atoms. The largest absolute Gasteiger partial charge is 0.443 e. The van der Waals surface area contributed by atoms with Gasteiger partial charge < -0.3 is 9.47 Å². The van der Waals surface area contributed by atoms with Gasteiger partial charge in [-0.3, -0.25) is 9.80 Å². The minimum atomic E-state index is -0.681. The van der Waals surface area contributed by atoms with E-state index >= 15 is 0 Å². The molecule has 226 valence electrons. The molecule has 3 aromatic rings. The number of amides is 2. The predicted octanol–water partition coefficient (Wildman–Crippen LogP) is 7.51. The van der Waals surface area contributed by atoms with Gasteiger partial charge >= 0.3 is 12.2 Å². The zero-order valence-corrected chi connectivity index (χ0v) is 25.6. The molecule has 2 aromatic carbocycles. The number of anilines is 2. The summed E-state index contributed by atoms with van der Waals surface area (Å²) in [5.74, 6) is 0. The summed E-state index contributed by atoms with van der Waals surface area (Å²) in [6, 6.07) is 15.2. The molecule has 0 saturated carbocycles. The van der Waals surface area contributed by atoms with Crippen LogP contribution in [0.15, 0.2) is 54.7 Å². The molecule has 0 aliphatic rings. The number of aromatic nitrogens is 3. The Kier molecular flexibility index (Phi) is 10.9. The van der Waals surface area contributed by atoms with Crippen LogP contribution in [0.3, 0.4) is 0 Å². The first kappa shape index (κ1) is 32.3. The number of carbonyl (C=O) groups is 2. The minimum Gasteiger partial charge on any atom is -0.443 e. The number of aryl methyl sites for hydroxylation is 1. The number of halogens is 1. The maximum absolute atomic E-state index is 13.1. The first-order chi connectivity index (χ1) is 19.8. The van der Waals surface area contributed by atoms with Gasteiger partial charge in [-0.15, -0.1) is 5.10 Å². The van der Waals surface area contributed by atoms with Gasteiger partial charge in [0.2, 0.25) is 0 Å². The molecule has 0 radical (unpaired) electrons. The van der Waals surface area contributed by atoms with E-state index in [2.05, 4.69) is 10.3 Å². The van der Waals surface area contributed by atoms with E-state index in [0.717, 1.165) is 23.2 Å². The predicted molar refractivity (Wildman–Crippen MR) is 164 cm³/mol. The summed E-state index contributed by atoms with van der Waals surface area (Å²) >= 11 is 0. The summed E-state index contributed by atoms with van der Waals surface area (Å²) in [5.41, 5.74) is 2.58. The monoisotopic (exact) mass is 579 g/mol. The normalized spacial score (nSPS) is 11.9. The lowest BCUT2D eigenvalue weighted by molar-refractivity contribution is 0.0567.